The number of hydrogen-bond donors (Lipinski definition) is 1. The molecule has 1 aliphatic rings. The van der Waals surface area contributed by atoms with Gasteiger partial charge in [0.1, 0.15) is 5.60 Å². The summed E-state index contributed by atoms with van der Waals surface area (Å²) >= 11 is 0. The van der Waals surface area contributed by atoms with Crippen molar-refractivity contribution in [3.63, 3.8) is 0 Å². The summed E-state index contributed by atoms with van der Waals surface area (Å²) in [6, 6.07) is 0. The molecule has 1 heterocycles. The Hall–Kier alpha value is 1.02. The molecule has 1 amide bonds. The minimum Gasteiger partial charge on any atom is -0.632 e. The average Bonchev–Trinajstić information content (AvgIpc) is 2.34. The van der Waals surface area contributed by atoms with Crippen LogP contribution >= 0.6 is 0 Å². The van der Waals surface area contributed by atoms with Gasteiger partial charge in [0, 0.05) is 24.3 Å². The van der Waals surface area contributed by atoms with Crippen LogP contribution in [0.5, 0.6) is 0 Å². The van der Waals surface area contributed by atoms with E-state index >= 15 is 0 Å². The standard InChI is InChI=1S/C5H11NO2.C3H6NOS.U.V/c1-5(2,3)8-4(6)7;5-6-3-1-2-4-6;;/h1-3H3,(H2,6,7);2,4H,1,3H2;;/q;-1;+2;/p-1. The van der Waals surface area contributed by atoms with E-state index in [1.165, 1.54) is 0 Å². The minimum atomic E-state index is -0.975. The predicted octanol–water partition coefficient (Wildman–Crippen LogP) is 1.78. The van der Waals surface area contributed by atoms with Gasteiger partial charge in [-0.1, -0.05) is 0 Å². The van der Waals surface area contributed by atoms with E-state index in [1.54, 1.807) is 20.8 Å². The first-order chi connectivity index (χ1) is 6.31. The topological polar surface area (TPSA) is 79.2 Å². The van der Waals surface area contributed by atoms with Gasteiger partial charge >= 0.3 is 31.1 Å². The van der Waals surface area contributed by atoms with E-state index in [1.807, 2.05) is 6.54 Å². The Labute approximate surface area is 135 Å². The molecule has 1 radical (unpaired) electrons. The zero-order valence-corrected chi connectivity index (χ0v) is 15.9. The summed E-state index contributed by atoms with van der Waals surface area (Å²) in [4.78, 5) is 9.90. The number of rotatable bonds is 0. The summed E-state index contributed by atoms with van der Waals surface area (Å²) < 4.78 is 17.3. The van der Waals surface area contributed by atoms with Crippen LogP contribution < -0.4 is 4.72 Å². The maximum absolute atomic E-state index is 10.2. The van der Waals surface area contributed by atoms with Gasteiger partial charge in [-0.15, -0.1) is 0 Å². The maximum atomic E-state index is 10.2. The summed E-state index contributed by atoms with van der Waals surface area (Å²) in [5.41, 5.74) is 5.86. The average molecular weight is 509 g/mol. The second kappa shape index (κ2) is 11.1. The second-order valence-corrected chi connectivity index (χ2v) is 5.00. The van der Waals surface area contributed by atoms with E-state index in [4.69, 9.17) is 5.73 Å². The van der Waals surface area contributed by atoms with Crippen molar-refractivity contribution in [2.24, 2.45) is 0 Å². The molecule has 1 unspecified atom stereocenters. The number of nitrogens with one attached hydrogen (secondary N) is 2. The largest absolute Gasteiger partial charge is 2.00 e. The molecule has 1 atom stereocenters. The van der Waals surface area contributed by atoms with E-state index in [2.05, 4.69) is 9.46 Å². The predicted molar refractivity (Wildman–Crippen MR) is 55.6 cm³/mol. The Morgan fingerprint density at radius 2 is 2.00 bits per heavy atom. The molecule has 0 bridgehead atoms. The van der Waals surface area contributed by atoms with Gasteiger partial charge in [0.25, 0.3) is 0 Å². The van der Waals surface area contributed by atoms with Gasteiger partial charge in [-0.2, -0.15) is 6.42 Å². The fraction of sp³-hybridized carbons (Fsp3) is 0.750. The first kappa shape index (κ1) is 22.2. The zero-order chi connectivity index (χ0) is 11.2. The summed E-state index contributed by atoms with van der Waals surface area (Å²) in [5, 5.41) is 0. The van der Waals surface area contributed by atoms with Crippen molar-refractivity contribution in [1.82, 2.24) is 4.72 Å². The maximum Gasteiger partial charge on any atom is 2.00 e. The molecule has 1 fully saturated rings. The van der Waals surface area contributed by atoms with Crippen molar-refractivity contribution < 1.29 is 63.4 Å². The van der Waals surface area contributed by atoms with Crippen molar-refractivity contribution in [2.75, 3.05) is 5.75 Å². The SMILES string of the molecule is CC(C)(C)OC([NH-])=O.O=S1CC[CH-]N1.[U+2].[V]. The molecule has 0 spiro atoms. The first-order valence-electron chi connectivity index (χ1n) is 4.22. The normalized spacial score (nSPS) is 18.3. The van der Waals surface area contributed by atoms with Crippen LogP contribution in [0.3, 0.4) is 0 Å². The molecule has 1 rings (SSSR count). The van der Waals surface area contributed by atoms with Crippen molar-refractivity contribution >= 4 is 17.1 Å². The molecule has 0 saturated carbocycles. The van der Waals surface area contributed by atoms with E-state index in [9.17, 15) is 9.00 Å². The molecule has 0 aromatic heterocycles. The van der Waals surface area contributed by atoms with Crippen LogP contribution in [0.1, 0.15) is 27.2 Å². The van der Waals surface area contributed by atoms with E-state index in [0.717, 1.165) is 12.2 Å². The van der Waals surface area contributed by atoms with Crippen molar-refractivity contribution in [3.05, 3.63) is 12.3 Å². The van der Waals surface area contributed by atoms with Crippen molar-refractivity contribution in [1.29, 1.82) is 0 Å². The van der Waals surface area contributed by atoms with Gasteiger partial charge in [0.15, 0.2) is 0 Å². The Bertz CT molecular complexity index is 216. The van der Waals surface area contributed by atoms with Gasteiger partial charge < -0.3 is 15.2 Å². The van der Waals surface area contributed by atoms with Crippen LogP contribution in [0.4, 0.5) is 4.79 Å². The fourth-order valence-electron chi connectivity index (χ4n) is 0.655. The van der Waals surface area contributed by atoms with Gasteiger partial charge in [-0.3, -0.25) is 11.3 Å². The zero-order valence-electron chi connectivity index (χ0n) is 9.57. The minimum absolute atomic E-state index is 0. The number of hydrogen-bond acceptors (Lipinski definition) is 3. The number of ether oxygens (including phenoxy) is 1. The molecule has 2 N–H and O–H groups in total. The Balaban J connectivity index is -0.000000192. The van der Waals surface area contributed by atoms with Gasteiger partial charge in [-0.05, 0) is 20.8 Å². The molecule has 0 aromatic carbocycles. The third-order valence-corrected chi connectivity index (χ3v) is 2.10. The van der Waals surface area contributed by atoms with E-state index in [-0.39, 0.29) is 49.7 Å². The Kier molecular flexibility index (Phi) is 15.5. The third kappa shape index (κ3) is 17.4. The third-order valence-electron chi connectivity index (χ3n) is 1.06. The van der Waals surface area contributed by atoms with Crippen LogP contribution in [-0.2, 0) is 34.3 Å². The van der Waals surface area contributed by atoms with Gasteiger partial charge in [0.2, 0.25) is 6.09 Å². The molecular formula is C8H16N2O3SUV. The second-order valence-electron chi connectivity index (χ2n) is 3.66. The van der Waals surface area contributed by atoms with E-state index in [0.29, 0.717) is 0 Å². The molecule has 5 nitrogen and oxygen atoms in total. The number of amides is 1. The first-order valence-corrected chi connectivity index (χ1v) is 5.54. The van der Waals surface area contributed by atoms with Crippen LogP contribution in [0.25, 0.3) is 5.73 Å². The van der Waals surface area contributed by atoms with Crippen molar-refractivity contribution in [3.8, 4) is 0 Å². The summed E-state index contributed by atoms with van der Waals surface area (Å²) in [7, 11) is -0.728. The number of carbonyl (C=O) groups is 1. The monoisotopic (exact) mass is 509 g/mol. The quantitative estimate of drug-likeness (QED) is 0.506. The smallest absolute Gasteiger partial charge is 0.632 e. The van der Waals surface area contributed by atoms with Crippen molar-refractivity contribution in [2.45, 2.75) is 32.8 Å². The van der Waals surface area contributed by atoms with Gasteiger partial charge in [-0.25, -0.2) is 4.21 Å². The molecule has 91 valence electrons. The molecular weight excluding hydrogens is 493 g/mol. The van der Waals surface area contributed by atoms with E-state index < -0.39 is 22.7 Å². The molecule has 0 aliphatic carbocycles. The summed E-state index contributed by atoms with van der Waals surface area (Å²) in [6.07, 6.45) is -0.0235. The van der Waals surface area contributed by atoms with Gasteiger partial charge in [0.05, 0.1) is 11.0 Å². The molecule has 0 aromatic rings. The summed E-state index contributed by atoms with van der Waals surface area (Å²) in [6.45, 7) is 6.99. The summed E-state index contributed by atoms with van der Waals surface area (Å²) in [5.74, 6) is 0.792. The fourth-order valence-corrected chi connectivity index (χ4v) is 1.41. The Morgan fingerprint density at radius 1 is 1.50 bits per heavy atom. The Morgan fingerprint density at radius 3 is 2.06 bits per heavy atom. The number of carbonyl (C=O) groups excluding carboxylic acids is 1. The van der Waals surface area contributed by atoms with Crippen LogP contribution in [0, 0.1) is 37.7 Å². The molecule has 1 saturated heterocycles. The molecule has 16 heavy (non-hydrogen) atoms. The van der Waals surface area contributed by atoms with Crippen LogP contribution in [-0.4, -0.2) is 21.7 Å². The van der Waals surface area contributed by atoms with Crippen LogP contribution in [0.15, 0.2) is 0 Å². The molecule has 8 heteroatoms. The van der Waals surface area contributed by atoms with Crippen LogP contribution in [0.2, 0.25) is 0 Å². The molecule has 1 aliphatic heterocycles.